The lowest BCUT2D eigenvalue weighted by Crippen LogP contribution is -2.27. The molecule has 1 fully saturated rings. The highest BCUT2D eigenvalue weighted by molar-refractivity contribution is 6.30. The summed E-state index contributed by atoms with van der Waals surface area (Å²) < 4.78 is 5.74. The van der Waals surface area contributed by atoms with E-state index < -0.39 is 0 Å². The molecule has 2 rings (SSSR count). The molecule has 0 unspecified atom stereocenters. The van der Waals surface area contributed by atoms with Gasteiger partial charge >= 0.3 is 0 Å². The number of carbonyl (C=O) groups is 1. The lowest BCUT2D eigenvalue weighted by Gasteiger charge is -2.14. The number of benzene rings is 1. The normalized spacial score (nSPS) is 14.3. The maximum Gasteiger partial charge on any atom is 0.223 e. The minimum atomic E-state index is 0.0633. The van der Waals surface area contributed by atoms with Crippen molar-refractivity contribution >= 4 is 17.5 Å². The summed E-state index contributed by atoms with van der Waals surface area (Å²) in [5, 5.41) is 6.99. The standard InChI is InChI=1S/C16H23ClN2O2/c1-11(2)18-10-12-9-13(17)3-6-15(12)21-8-7-16(20)19-14-4-5-14/h3,6,9,11,14,18H,4-5,7-8,10H2,1-2H3,(H,19,20). The Balaban J connectivity index is 1.84. The third-order valence-electron chi connectivity index (χ3n) is 3.25. The molecule has 5 heteroatoms. The largest absolute Gasteiger partial charge is 0.493 e. The molecule has 0 aromatic heterocycles. The van der Waals surface area contributed by atoms with E-state index >= 15 is 0 Å². The van der Waals surface area contributed by atoms with E-state index in [1.165, 1.54) is 0 Å². The van der Waals surface area contributed by atoms with Crippen LogP contribution in [0.25, 0.3) is 0 Å². The van der Waals surface area contributed by atoms with E-state index in [0.717, 1.165) is 24.2 Å². The number of carbonyl (C=O) groups excluding carboxylic acids is 1. The van der Waals surface area contributed by atoms with Crippen molar-refractivity contribution in [3.05, 3.63) is 28.8 Å². The summed E-state index contributed by atoms with van der Waals surface area (Å²) in [6.45, 7) is 5.26. The fourth-order valence-electron chi connectivity index (χ4n) is 1.92. The van der Waals surface area contributed by atoms with Crippen molar-refractivity contribution in [1.82, 2.24) is 10.6 Å². The van der Waals surface area contributed by atoms with E-state index in [9.17, 15) is 4.79 Å². The molecule has 116 valence electrons. The minimum Gasteiger partial charge on any atom is -0.493 e. The van der Waals surface area contributed by atoms with Gasteiger partial charge in [0.2, 0.25) is 5.91 Å². The monoisotopic (exact) mass is 310 g/mol. The third-order valence-corrected chi connectivity index (χ3v) is 3.49. The van der Waals surface area contributed by atoms with Crippen LogP contribution in [-0.4, -0.2) is 24.6 Å². The van der Waals surface area contributed by atoms with Crippen LogP contribution in [0, 0.1) is 0 Å². The molecular formula is C16H23ClN2O2. The first-order valence-electron chi connectivity index (χ1n) is 7.48. The van der Waals surface area contributed by atoms with Gasteiger partial charge in [0.05, 0.1) is 13.0 Å². The summed E-state index contributed by atoms with van der Waals surface area (Å²) in [5.74, 6) is 0.847. The van der Waals surface area contributed by atoms with Gasteiger partial charge in [-0.15, -0.1) is 0 Å². The molecule has 21 heavy (non-hydrogen) atoms. The summed E-state index contributed by atoms with van der Waals surface area (Å²) >= 11 is 6.03. The van der Waals surface area contributed by atoms with Crippen LogP contribution >= 0.6 is 11.6 Å². The Bertz CT molecular complexity index is 487. The van der Waals surface area contributed by atoms with Gasteiger partial charge in [0.1, 0.15) is 5.75 Å². The van der Waals surface area contributed by atoms with Crippen LogP contribution in [0.3, 0.4) is 0 Å². The molecule has 0 spiro atoms. The average molecular weight is 311 g/mol. The van der Waals surface area contributed by atoms with Gasteiger partial charge in [-0.2, -0.15) is 0 Å². The Morgan fingerprint density at radius 3 is 2.86 bits per heavy atom. The van der Waals surface area contributed by atoms with Crippen LogP contribution in [0.4, 0.5) is 0 Å². The van der Waals surface area contributed by atoms with Gasteiger partial charge < -0.3 is 15.4 Å². The Morgan fingerprint density at radius 1 is 1.43 bits per heavy atom. The quantitative estimate of drug-likeness (QED) is 0.776. The number of halogens is 1. The first-order chi connectivity index (χ1) is 10.0. The maximum absolute atomic E-state index is 11.6. The number of amides is 1. The number of rotatable bonds is 8. The van der Waals surface area contributed by atoms with Crippen LogP contribution in [-0.2, 0) is 11.3 Å². The topological polar surface area (TPSA) is 50.4 Å². The van der Waals surface area contributed by atoms with Gasteiger partial charge in [0.25, 0.3) is 0 Å². The van der Waals surface area contributed by atoms with E-state index in [1.807, 2.05) is 12.1 Å². The molecular weight excluding hydrogens is 288 g/mol. The van der Waals surface area contributed by atoms with Crippen molar-refractivity contribution in [3.8, 4) is 5.75 Å². The van der Waals surface area contributed by atoms with Crippen LogP contribution in [0.15, 0.2) is 18.2 Å². The van der Waals surface area contributed by atoms with Gasteiger partial charge in [-0.25, -0.2) is 0 Å². The molecule has 0 heterocycles. The minimum absolute atomic E-state index is 0.0633. The second-order valence-corrected chi connectivity index (χ2v) is 6.16. The number of ether oxygens (including phenoxy) is 1. The fourth-order valence-corrected chi connectivity index (χ4v) is 2.12. The Kier molecular flexibility index (Phi) is 5.88. The van der Waals surface area contributed by atoms with Crippen LogP contribution in [0.5, 0.6) is 5.75 Å². The molecule has 0 atom stereocenters. The molecule has 1 aliphatic rings. The molecule has 1 saturated carbocycles. The van der Waals surface area contributed by atoms with Crippen molar-refractivity contribution in [2.45, 2.75) is 51.7 Å². The third kappa shape index (κ3) is 5.94. The van der Waals surface area contributed by atoms with Crippen LogP contribution < -0.4 is 15.4 Å². The zero-order valence-corrected chi connectivity index (χ0v) is 13.4. The predicted molar refractivity (Wildman–Crippen MR) is 84.7 cm³/mol. The zero-order chi connectivity index (χ0) is 15.2. The average Bonchev–Trinajstić information content (AvgIpc) is 3.22. The molecule has 1 aliphatic carbocycles. The van der Waals surface area contributed by atoms with E-state index in [4.69, 9.17) is 16.3 Å². The van der Waals surface area contributed by atoms with E-state index in [-0.39, 0.29) is 5.91 Å². The van der Waals surface area contributed by atoms with Gasteiger partial charge in [0.15, 0.2) is 0 Å². The highest BCUT2D eigenvalue weighted by Gasteiger charge is 2.22. The van der Waals surface area contributed by atoms with Crippen LogP contribution in [0.1, 0.15) is 38.7 Å². The molecule has 0 saturated heterocycles. The molecule has 0 aliphatic heterocycles. The molecule has 0 bridgehead atoms. The molecule has 1 aromatic rings. The maximum atomic E-state index is 11.6. The van der Waals surface area contributed by atoms with Crippen molar-refractivity contribution in [1.29, 1.82) is 0 Å². The van der Waals surface area contributed by atoms with Crippen LogP contribution in [0.2, 0.25) is 5.02 Å². The molecule has 0 radical (unpaired) electrons. The van der Waals surface area contributed by atoms with E-state index in [2.05, 4.69) is 24.5 Å². The van der Waals surface area contributed by atoms with Gasteiger partial charge in [0, 0.05) is 29.2 Å². The van der Waals surface area contributed by atoms with Crippen molar-refractivity contribution in [3.63, 3.8) is 0 Å². The molecule has 1 aromatic carbocycles. The van der Waals surface area contributed by atoms with E-state index in [0.29, 0.717) is 36.7 Å². The lowest BCUT2D eigenvalue weighted by atomic mass is 10.2. The second kappa shape index (κ2) is 7.66. The SMILES string of the molecule is CC(C)NCc1cc(Cl)ccc1OCCC(=O)NC1CC1. The molecule has 1 amide bonds. The second-order valence-electron chi connectivity index (χ2n) is 5.73. The van der Waals surface area contributed by atoms with Crippen molar-refractivity contribution in [2.24, 2.45) is 0 Å². The van der Waals surface area contributed by atoms with Gasteiger partial charge in [-0.1, -0.05) is 25.4 Å². The summed E-state index contributed by atoms with van der Waals surface area (Å²) in [6.07, 6.45) is 2.60. The predicted octanol–water partition coefficient (Wildman–Crippen LogP) is 2.89. The first-order valence-corrected chi connectivity index (χ1v) is 7.86. The Hall–Kier alpha value is -1.26. The summed E-state index contributed by atoms with van der Waals surface area (Å²) in [4.78, 5) is 11.6. The first kappa shape index (κ1) is 16.1. The van der Waals surface area contributed by atoms with Crippen molar-refractivity contribution in [2.75, 3.05) is 6.61 Å². The van der Waals surface area contributed by atoms with Crippen molar-refractivity contribution < 1.29 is 9.53 Å². The summed E-state index contributed by atoms with van der Waals surface area (Å²) in [7, 11) is 0. The smallest absolute Gasteiger partial charge is 0.223 e. The Morgan fingerprint density at radius 2 is 2.19 bits per heavy atom. The number of nitrogens with one attached hydrogen (secondary N) is 2. The Labute approximate surface area is 131 Å². The number of hydrogen-bond acceptors (Lipinski definition) is 3. The summed E-state index contributed by atoms with van der Waals surface area (Å²) in [6, 6.07) is 6.36. The van der Waals surface area contributed by atoms with Gasteiger partial charge in [-0.05, 0) is 31.0 Å². The highest BCUT2D eigenvalue weighted by Crippen LogP contribution is 2.23. The zero-order valence-electron chi connectivity index (χ0n) is 12.6. The molecule has 2 N–H and O–H groups in total. The number of hydrogen-bond donors (Lipinski definition) is 2. The highest BCUT2D eigenvalue weighted by atomic mass is 35.5. The van der Waals surface area contributed by atoms with Gasteiger partial charge in [-0.3, -0.25) is 4.79 Å². The fraction of sp³-hybridized carbons (Fsp3) is 0.562. The molecule has 4 nitrogen and oxygen atoms in total. The summed E-state index contributed by atoms with van der Waals surface area (Å²) in [5.41, 5.74) is 1.01. The van der Waals surface area contributed by atoms with E-state index in [1.54, 1.807) is 6.07 Å². The lowest BCUT2D eigenvalue weighted by molar-refractivity contribution is -0.121.